The summed E-state index contributed by atoms with van der Waals surface area (Å²) in [4.78, 5) is 8.22. The van der Waals surface area contributed by atoms with Gasteiger partial charge in [-0.2, -0.15) is 0 Å². The number of nitrogen functional groups attached to an aromatic ring is 1. The number of aromatic nitrogens is 3. The van der Waals surface area contributed by atoms with Gasteiger partial charge in [0.25, 0.3) is 0 Å². The van der Waals surface area contributed by atoms with E-state index in [0.717, 1.165) is 5.39 Å². The summed E-state index contributed by atoms with van der Waals surface area (Å²) in [6.07, 6.45) is 1.59. The zero-order valence-corrected chi connectivity index (χ0v) is 11.8. The fraction of sp³-hybridized carbons (Fsp3) is 0.538. The van der Waals surface area contributed by atoms with Gasteiger partial charge in [0.1, 0.15) is 36.1 Å². The van der Waals surface area contributed by atoms with Crippen molar-refractivity contribution in [1.82, 2.24) is 14.5 Å². The molecule has 21 heavy (non-hydrogen) atoms. The van der Waals surface area contributed by atoms with Gasteiger partial charge in [0.05, 0.1) is 12.0 Å². The number of anilines is 1. The molecular formula is C13H18N4O4. The van der Waals surface area contributed by atoms with Crippen molar-refractivity contribution in [2.75, 3.05) is 26.6 Å². The maximum absolute atomic E-state index is 9.44. The highest BCUT2D eigenvalue weighted by Gasteiger charge is 2.46. The van der Waals surface area contributed by atoms with Crippen molar-refractivity contribution in [3.05, 3.63) is 18.6 Å². The van der Waals surface area contributed by atoms with Crippen LogP contribution in [-0.4, -0.2) is 58.8 Å². The van der Waals surface area contributed by atoms with Crippen LogP contribution in [0.3, 0.4) is 0 Å². The molecular weight excluding hydrogens is 276 g/mol. The monoisotopic (exact) mass is 294 g/mol. The Morgan fingerprint density at radius 1 is 1.33 bits per heavy atom. The molecule has 0 amide bonds. The highest BCUT2D eigenvalue weighted by atomic mass is 16.6. The number of hydrogen-bond acceptors (Lipinski definition) is 7. The van der Waals surface area contributed by atoms with Crippen LogP contribution in [0.1, 0.15) is 6.23 Å². The lowest BCUT2D eigenvalue weighted by Crippen LogP contribution is -2.36. The van der Waals surface area contributed by atoms with Crippen molar-refractivity contribution < 1.29 is 19.3 Å². The van der Waals surface area contributed by atoms with Crippen molar-refractivity contribution in [2.45, 2.75) is 24.5 Å². The molecule has 2 aromatic heterocycles. The van der Waals surface area contributed by atoms with E-state index in [1.54, 1.807) is 14.2 Å². The van der Waals surface area contributed by atoms with Crippen LogP contribution < -0.4 is 5.73 Å². The van der Waals surface area contributed by atoms with E-state index in [4.69, 9.17) is 19.9 Å². The maximum atomic E-state index is 9.44. The molecule has 2 aromatic rings. The molecule has 0 saturated carbocycles. The summed E-state index contributed by atoms with van der Waals surface area (Å²) in [6.45, 7) is -0.148. The van der Waals surface area contributed by atoms with E-state index in [9.17, 15) is 5.11 Å². The highest BCUT2D eigenvalue weighted by molar-refractivity contribution is 5.86. The molecule has 0 bridgehead atoms. The fourth-order valence-corrected chi connectivity index (χ4v) is 2.81. The first-order valence-corrected chi connectivity index (χ1v) is 6.60. The highest BCUT2D eigenvalue weighted by Crippen LogP contribution is 2.35. The summed E-state index contributed by atoms with van der Waals surface area (Å²) in [6, 6.07) is 1.83. The molecule has 8 nitrogen and oxygen atoms in total. The summed E-state index contributed by atoms with van der Waals surface area (Å²) in [5.74, 6) is 0.410. The summed E-state index contributed by atoms with van der Waals surface area (Å²) >= 11 is 0. The second-order valence-electron chi connectivity index (χ2n) is 4.87. The first-order valence-electron chi connectivity index (χ1n) is 6.60. The number of nitrogens with zero attached hydrogens (tertiary/aromatic N) is 3. The van der Waals surface area contributed by atoms with E-state index >= 15 is 0 Å². The zero-order valence-electron chi connectivity index (χ0n) is 11.8. The van der Waals surface area contributed by atoms with Crippen LogP contribution in [0.4, 0.5) is 5.82 Å². The number of nitrogens with two attached hydrogens (primary N) is 1. The number of fused-ring (bicyclic) bond motifs is 1. The van der Waals surface area contributed by atoms with Gasteiger partial charge in [0.2, 0.25) is 0 Å². The quantitative estimate of drug-likeness (QED) is 0.813. The van der Waals surface area contributed by atoms with Gasteiger partial charge in [-0.25, -0.2) is 9.97 Å². The average molecular weight is 294 g/mol. The molecule has 1 aliphatic rings. The Kier molecular flexibility index (Phi) is 3.77. The Bertz CT molecular complexity index is 632. The first-order chi connectivity index (χ1) is 10.2. The van der Waals surface area contributed by atoms with E-state index in [-0.39, 0.29) is 18.8 Å². The lowest BCUT2D eigenvalue weighted by molar-refractivity contribution is -0.0580. The largest absolute Gasteiger partial charge is 0.394 e. The molecule has 1 aliphatic heterocycles. The smallest absolute Gasteiger partial charge is 0.164 e. The van der Waals surface area contributed by atoms with Crippen molar-refractivity contribution >= 4 is 16.9 Å². The van der Waals surface area contributed by atoms with E-state index in [0.29, 0.717) is 11.5 Å². The van der Waals surface area contributed by atoms with Gasteiger partial charge in [-0.15, -0.1) is 0 Å². The van der Waals surface area contributed by atoms with E-state index in [2.05, 4.69) is 9.97 Å². The standard InChI is InChI=1S/C13H18N4O4/c1-19-9-8(5-18)21-13(10(9)20-2)17-4-3-7-11(14)15-6-16-12(7)17/h3-4,6,8-10,13,18H,5H2,1-2H3,(H2,14,15,16)/t8-,9-,10-,13-/m1/s1. The lowest BCUT2D eigenvalue weighted by Gasteiger charge is -2.22. The molecule has 1 fully saturated rings. The molecule has 0 aromatic carbocycles. The van der Waals surface area contributed by atoms with Crippen molar-refractivity contribution in [2.24, 2.45) is 0 Å². The molecule has 0 aliphatic carbocycles. The van der Waals surface area contributed by atoms with Crippen LogP contribution in [-0.2, 0) is 14.2 Å². The first kappa shape index (κ1) is 14.2. The van der Waals surface area contributed by atoms with Crippen LogP contribution >= 0.6 is 0 Å². The summed E-state index contributed by atoms with van der Waals surface area (Å²) in [5, 5.41) is 10.2. The molecule has 0 spiro atoms. The van der Waals surface area contributed by atoms with Gasteiger partial charge >= 0.3 is 0 Å². The van der Waals surface area contributed by atoms with Crippen LogP contribution in [0.25, 0.3) is 11.0 Å². The Hall–Kier alpha value is -1.74. The summed E-state index contributed by atoms with van der Waals surface area (Å²) in [7, 11) is 3.15. The lowest BCUT2D eigenvalue weighted by atomic mass is 10.1. The second-order valence-corrected chi connectivity index (χ2v) is 4.87. The van der Waals surface area contributed by atoms with E-state index in [1.807, 2.05) is 16.8 Å². The Labute approximate surface area is 121 Å². The minimum atomic E-state index is -0.457. The van der Waals surface area contributed by atoms with E-state index in [1.165, 1.54) is 6.33 Å². The fourth-order valence-electron chi connectivity index (χ4n) is 2.81. The minimum Gasteiger partial charge on any atom is -0.394 e. The van der Waals surface area contributed by atoms with Crippen molar-refractivity contribution in [3.63, 3.8) is 0 Å². The second kappa shape index (κ2) is 5.57. The SMILES string of the molecule is CO[C@@H]1[C@H](OC)[C@@H](CO)O[C@H]1n1ccc2c(N)ncnc21. The van der Waals surface area contributed by atoms with Gasteiger partial charge in [0, 0.05) is 20.4 Å². The van der Waals surface area contributed by atoms with Crippen LogP contribution in [0.15, 0.2) is 18.6 Å². The molecule has 1 saturated heterocycles. The molecule has 3 rings (SSSR count). The van der Waals surface area contributed by atoms with Crippen molar-refractivity contribution in [3.8, 4) is 0 Å². The van der Waals surface area contributed by atoms with Gasteiger partial charge in [-0.1, -0.05) is 0 Å². The Morgan fingerprint density at radius 2 is 2.10 bits per heavy atom. The summed E-state index contributed by atoms with van der Waals surface area (Å²) < 4.78 is 18.6. The van der Waals surface area contributed by atoms with Gasteiger partial charge in [0.15, 0.2) is 6.23 Å². The molecule has 4 atom stereocenters. The third kappa shape index (κ3) is 2.16. The van der Waals surface area contributed by atoms with Crippen LogP contribution in [0.5, 0.6) is 0 Å². The predicted molar refractivity (Wildman–Crippen MR) is 74.5 cm³/mol. The zero-order chi connectivity index (χ0) is 15.0. The maximum Gasteiger partial charge on any atom is 0.164 e. The average Bonchev–Trinajstić information content (AvgIpc) is 3.07. The van der Waals surface area contributed by atoms with Gasteiger partial charge in [-0.3, -0.25) is 0 Å². The number of hydrogen-bond donors (Lipinski definition) is 2. The number of aliphatic hydroxyl groups is 1. The van der Waals surface area contributed by atoms with Gasteiger partial charge < -0.3 is 29.6 Å². The van der Waals surface area contributed by atoms with Gasteiger partial charge in [-0.05, 0) is 6.07 Å². The molecule has 0 radical (unpaired) electrons. The predicted octanol–water partition coefficient (Wildman–Crippen LogP) is -0.0668. The Morgan fingerprint density at radius 3 is 2.76 bits per heavy atom. The Balaban J connectivity index is 2.03. The van der Waals surface area contributed by atoms with Crippen LogP contribution in [0.2, 0.25) is 0 Å². The van der Waals surface area contributed by atoms with Crippen molar-refractivity contribution in [1.29, 1.82) is 0 Å². The summed E-state index contributed by atoms with van der Waals surface area (Å²) in [5.41, 5.74) is 6.50. The third-order valence-electron chi connectivity index (χ3n) is 3.82. The molecule has 114 valence electrons. The normalized spacial score (nSPS) is 29.3. The minimum absolute atomic E-state index is 0.148. The topological polar surface area (TPSA) is 105 Å². The number of methoxy groups -OCH3 is 2. The van der Waals surface area contributed by atoms with E-state index < -0.39 is 12.3 Å². The number of ether oxygens (including phenoxy) is 3. The number of aliphatic hydroxyl groups excluding tert-OH is 1. The molecule has 0 unspecified atom stereocenters. The molecule has 3 N–H and O–H groups in total. The molecule has 3 heterocycles. The van der Waals surface area contributed by atoms with Crippen LogP contribution in [0, 0.1) is 0 Å². The molecule has 8 heteroatoms. The number of rotatable bonds is 4. The third-order valence-corrected chi connectivity index (χ3v) is 3.82.